The van der Waals surface area contributed by atoms with Crippen LogP contribution in [0, 0.1) is 0 Å². The zero-order chi connectivity index (χ0) is 47.8. The average Bonchev–Trinajstić information content (AvgIpc) is 3.26. The molecule has 3 unspecified atom stereocenters. The molecule has 0 aromatic rings. The van der Waals surface area contributed by atoms with E-state index in [1.54, 1.807) is 0 Å². The van der Waals surface area contributed by atoms with E-state index in [1.165, 1.54) is 238 Å². The molecule has 0 spiro atoms. The third-order valence-electron chi connectivity index (χ3n) is 13.6. The van der Waals surface area contributed by atoms with Crippen molar-refractivity contribution in [3.8, 4) is 0 Å². The molecule has 9 heteroatoms. The van der Waals surface area contributed by atoms with Gasteiger partial charge in [0.05, 0.1) is 39.9 Å². The molecule has 0 saturated heterocycles. The van der Waals surface area contributed by atoms with Crippen molar-refractivity contribution in [2.75, 3.05) is 40.9 Å². The molecule has 0 aliphatic carbocycles. The lowest BCUT2D eigenvalue weighted by Gasteiger charge is -2.26. The fourth-order valence-electron chi connectivity index (χ4n) is 9.05. The monoisotopic (exact) mass is 944 g/mol. The molecule has 3 N–H and O–H groups in total. The molecule has 0 aliphatic rings. The first-order chi connectivity index (χ1) is 31.5. The Morgan fingerprint density at radius 3 is 1.03 bits per heavy atom. The van der Waals surface area contributed by atoms with E-state index < -0.39 is 20.0 Å². The molecule has 8 nitrogen and oxygen atoms in total. The normalized spacial score (nSPS) is 13.9. The van der Waals surface area contributed by atoms with E-state index in [4.69, 9.17) is 9.05 Å². The van der Waals surface area contributed by atoms with Gasteiger partial charge in [0.2, 0.25) is 5.91 Å². The molecular formula is C56H116N2O6P+. The Hall–Kier alpha value is -0.500. The first kappa shape index (κ1) is 64.5. The maximum absolute atomic E-state index is 12.9. The van der Waals surface area contributed by atoms with Gasteiger partial charge in [-0.2, -0.15) is 0 Å². The summed E-state index contributed by atoms with van der Waals surface area (Å²) in [5.74, 6) is -0.138. The van der Waals surface area contributed by atoms with Gasteiger partial charge in [-0.3, -0.25) is 13.8 Å². The Labute approximate surface area is 406 Å². The van der Waals surface area contributed by atoms with Crippen molar-refractivity contribution < 1.29 is 32.9 Å². The fourth-order valence-corrected chi connectivity index (χ4v) is 9.79. The second-order valence-corrected chi connectivity index (χ2v) is 22.8. The van der Waals surface area contributed by atoms with Gasteiger partial charge in [0.15, 0.2) is 0 Å². The molecule has 0 aliphatic heterocycles. The van der Waals surface area contributed by atoms with Crippen molar-refractivity contribution in [2.24, 2.45) is 0 Å². The molecule has 390 valence electrons. The van der Waals surface area contributed by atoms with Crippen molar-refractivity contribution in [1.82, 2.24) is 5.32 Å². The highest BCUT2D eigenvalue weighted by Gasteiger charge is 2.28. The van der Waals surface area contributed by atoms with Crippen molar-refractivity contribution in [3.05, 3.63) is 0 Å². The lowest BCUT2D eigenvalue weighted by atomic mass is 10.0. The summed E-state index contributed by atoms with van der Waals surface area (Å²) in [4.78, 5) is 23.3. The summed E-state index contributed by atoms with van der Waals surface area (Å²) in [6, 6.07) is -0.754. The molecule has 0 heterocycles. The number of carbonyl (C=O) groups is 1. The molecule has 0 fully saturated rings. The van der Waals surface area contributed by atoms with E-state index in [0.29, 0.717) is 23.9 Å². The van der Waals surface area contributed by atoms with Gasteiger partial charge in [-0.05, 0) is 12.8 Å². The zero-order valence-corrected chi connectivity index (χ0v) is 45.4. The third-order valence-corrected chi connectivity index (χ3v) is 14.6. The number of nitrogens with one attached hydrogen (secondary N) is 1. The Kier molecular flexibility index (Phi) is 48.1. The fraction of sp³-hybridized carbons (Fsp3) is 0.982. The van der Waals surface area contributed by atoms with E-state index in [1.807, 2.05) is 21.1 Å². The minimum Gasteiger partial charge on any atom is -0.391 e. The van der Waals surface area contributed by atoms with Crippen LogP contribution in [-0.2, 0) is 18.4 Å². The molecule has 1 amide bonds. The van der Waals surface area contributed by atoms with E-state index in [2.05, 4.69) is 19.2 Å². The van der Waals surface area contributed by atoms with Crippen LogP contribution in [0.25, 0.3) is 0 Å². The number of rotatable bonds is 54. The molecule has 3 atom stereocenters. The highest BCUT2D eigenvalue weighted by atomic mass is 31.2. The summed E-state index contributed by atoms with van der Waals surface area (Å²) in [5.41, 5.74) is 0. The van der Waals surface area contributed by atoms with Gasteiger partial charge in [0, 0.05) is 6.42 Å². The standard InChI is InChI=1S/C56H115N2O6P/c1-6-8-10-12-14-16-18-20-22-23-24-25-26-27-28-29-30-31-32-33-34-35-36-37-39-41-43-45-47-49-55(59)54(53-64-65(61,62)63-52-51-58(3,4)5)57-56(60)50-48-46-44-42-40-38-21-19-17-15-13-11-9-7-2/h54-55,59H,6-53H2,1-5H3,(H-,57,60,61,62)/p+1. The number of phosphoric ester groups is 1. The van der Waals surface area contributed by atoms with Gasteiger partial charge in [0.25, 0.3) is 0 Å². The maximum atomic E-state index is 12.9. The van der Waals surface area contributed by atoms with E-state index >= 15 is 0 Å². The molecule has 65 heavy (non-hydrogen) atoms. The smallest absolute Gasteiger partial charge is 0.391 e. The molecule has 0 saturated carbocycles. The molecular weight excluding hydrogens is 828 g/mol. The summed E-state index contributed by atoms with van der Waals surface area (Å²) < 4.78 is 23.8. The minimum atomic E-state index is -4.31. The number of hydrogen-bond donors (Lipinski definition) is 3. The summed E-state index contributed by atoms with van der Waals surface area (Å²) in [7, 11) is 1.64. The van der Waals surface area contributed by atoms with Crippen LogP contribution in [-0.4, -0.2) is 73.4 Å². The first-order valence-electron chi connectivity index (χ1n) is 28.9. The quantitative estimate of drug-likeness (QED) is 0.0319. The molecule has 0 aromatic carbocycles. The first-order valence-corrected chi connectivity index (χ1v) is 30.4. The number of amides is 1. The molecule has 0 aromatic heterocycles. The van der Waals surface area contributed by atoms with Gasteiger partial charge in [-0.25, -0.2) is 4.57 Å². The molecule has 0 rings (SSSR count). The van der Waals surface area contributed by atoms with Gasteiger partial charge < -0.3 is 19.8 Å². The highest BCUT2D eigenvalue weighted by Crippen LogP contribution is 2.43. The van der Waals surface area contributed by atoms with Crippen LogP contribution in [0.15, 0.2) is 0 Å². The number of phosphoric acid groups is 1. The SMILES string of the molecule is CCCCCCCCCCCCCCCCCCCCCCCCCCCCCCCC(O)C(COP(=O)(O)OCC[N+](C)(C)C)NC(=O)CCCCCCCCCCCCCCCC. The number of aliphatic hydroxyl groups is 1. The number of aliphatic hydroxyl groups excluding tert-OH is 1. The van der Waals surface area contributed by atoms with Gasteiger partial charge >= 0.3 is 7.82 Å². The third kappa shape index (κ3) is 51.2. The Morgan fingerprint density at radius 2 is 0.738 bits per heavy atom. The maximum Gasteiger partial charge on any atom is 0.472 e. The van der Waals surface area contributed by atoms with Gasteiger partial charge in [-0.1, -0.05) is 284 Å². The lowest BCUT2D eigenvalue weighted by molar-refractivity contribution is -0.870. The Bertz CT molecular complexity index is 1030. The average molecular weight is 945 g/mol. The van der Waals surface area contributed by atoms with Gasteiger partial charge in [-0.15, -0.1) is 0 Å². The number of nitrogens with zero attached hydrogens (tertiary/aromatic N) is 1. The number of unbranched alkanes of at least 4 members (excludes halogenated alkanes) is 41. The van der Waals surface area contributed by atoms with Crippen LogP contribution in [0.4, 0.5) is 0 Å². The number of carbonyl (C=O) groups excluding carboxylic acids is 1. The summed E-state index contributed by atoms with van der Waals surface area (Å²) in [5, 5.41) is 14.1. The van der Waals surface area contributed by atoms with Crippen LogP contribution in [0.3, 0.4) is 0 Å². The summed E-state index contributed by atoms with van der Waals surface area (Å²) in [6.07, 6.45) is 57.4. The van der Waals surface area contributed by atoms with Crippen LogP contribution >= 0.6 is 7.82 Å². The largest absolute Gasteiger partial charge is 0.472 e. The topological polar surface area (TPSA) is 105 Å². The van der Waals surface area contributed by atoms with E-state index in [0.717, 1.165) is 38.5 Å². The lowest BCUT2D eigenvalue weighted by Crippen LogP contribution is -2.46. The molecule has 0 bridgehead atoms. The van der Waals surface area contributed by atoms with E-state index in [-0.39, 0.29) is 19.1 Å². The van der Waals surface area contributed by atoms with Crippen LogP contribution < -0.4 is 5.32 Å². The number of hydrogen-bond acceptors (Lipinski definition) is 5. The number of likely N-dealkylation sites (N-methyl/N-ethyl adjacent to an activating group) is 1. The summed E-state index contributed by atoms with van der Waals surface area (Å²) >= 11 is 0. The van der Waals surface area contributed by atoms with E-state index in [9.17, 15) is 19.4 Å². The second kappa shape index (κ2) is 48.5. The zero-order valence-electron chi connectivity index (χ0n) is 44.5. The predicted molar refractivity (Wildman–Crippen MR) is 282 cm³/mol. The minimum absolute atomic E-state index is 0.0790. The Balaban J connectivity index is 4.03. The predicted octanol–water partition coefficient (Wildman–Crippen LogP) is 17.3. The number of quaternary nitrogens is 1. The van der Waals surface area contributed by atoms with Crippen LogP contribution in [0.2, 0.25) is 0 Å². The second-order valence-electron chi connectivity index (χ2n) is 21.4. The van der Waals surface area contributed by atoms with Crippen molar-refractivity contribution in [2.45, 2.75) is 315 Å². The van der Waals surface area contributed by atoms with Crippen molar-refractivity contribution in [1.29, 1.82) is 0 Å². The Morgan fingerprint density at radius 1 is 0.462 bits per heavy atom. The van der Waals surface area contributed by atoms with Gasteiger partial charge in [0.1, 0.15) is 13.2 Å². The van der Waals surface area contributed by atoms with Crippen LogP contribution in [0.1, 0.15) is 303 Å². The van der Waals surface area contributed by atoms with Crippen molar-refractivity contribution >= 4 is 13.7 Å². The molecule has 0 radical (unpaired) electrons. The summed E-state index contributed by atoms with van der Waals surface area (Å²) in [6.45, 7) is 4.94. The van der Waals surface area contributed by atoms with Crippen LogP contribution in [0.5, 0.6) is 0 Å². The highest BCUT2D eigenvalue weighted by molar-refractivity contribution is 7.47. The van der Waals surface area contributed by atoms with Crippen molar-refractivity contribution in [3.63, 3.8) is 0 Å².